The molecule has 1 aliphatic rings. The van der Waals surface area contributed by atoms with Crippen LogP contribution in [0, 0.1) is 0 Å². The average molecular weight is 371 g/mol. The first-order valence-corrected chi connectivity index (χ1v) is 9.26. The Morgan fingerprint density at radius 1 is 1.11 bits per heavy atom. The topological polar surface area (TPSA) is 106 Å². The molecule has 1 unspecified atom stereocenters. The van der Waals surface area contributed by atoms with Crippen molar-refractivity contribution >= 4 is 11.8 Å². The Labute approximate surface area is 158 Å². The molecule has 3 rings (SSSR count). The van der Waals surface area contributed by atoms with Gasteiger partial charge in [0.2, 0.25) is 11.8 Å². The molecule has 8 heteroatoms. The summed E-state index contributed by atoms with van der Waals surface area (Å²) in [5.41, 5.74) is 6.63. The van der Waals surface area contributed by atoms with Crippen molar-refractivity contribution in [3.8, 4) is 0 Å². The monoisotopic (exact) mass is 371 g/mol. The number of piperazine rings is 1. The number of nitrogens with zero attached hydrogens (tertiary/aromatic N) is 4. The number of aromatic nitrogens is 2. The Kier molecular flexibility index (Phi) is 5.85. The van der Waals surface area contributed by atoms with E-state index in [2.05, 4.69) is 17.1 Å². The highest BCUT2D eigenvalue weighted by Gasteiger charge is 2.39. The minimum atomic E-state index is -0.615. The van der Waals surface area contributed by atoms with E-state index in [4.69, 9.17) is 10.2 Å². The minimum Gasteiger partial charge on any atom is -0.421 e. The van der Waals surface area contributed by atoms with E-state index in [9.17, 15) is 9.59 Å². The highest BCUT2D eigenvalue weighted by molar-refractivity contribution is 6.35. The maximum absolute atomic E-state index is 12.8. The van der Waals surface area contributed by atoms with Crippen LogP contribution in [-0.2, 0) is 9.59 Å². The Morgan fingerprint density at radius 3 is 2.44 bits per heavy atom. The number of nitrogens with two attached hydrogens (primary N) is 1. The molecule has 1 aromatic carbocycles. The van der Waals surface area contributed by atoms with Gasteiger partial charge in [0.25, 0.3) is 0 Å². The van der Waals surface area contributed by atoms with Crippen LogP contribution in [0.15, 0.2) is 34.7 Å². The fourth-order valence-electron chi connectivity index (χ4n) is 3.13. The lowest BCUT2D eigenvalue weighted by atomic mass is 10.0. The Bertz CT molecular complexity index is 790. The van der Waals surface area contributed by atoms with Crippen LogP contribution in [0.25, 0.3) is 0 Å². The molecule has 2 aromatic rings. The molecule has 2 heterocycles. The zero-order chi connectivity index (χ0) is 19.4. The third-order valence-electron chi connectivity index (χ3n) is 4.63. The third kappa shape index (κ3) is 4.00. The first-order valence-electron chi connectivity index (χ1n) is 9.26. The van der Waals surface area contributed by atoms with Crippen molar-refractivity contribution in [3.63, 3.8) is 0 Å². The number of hydrogen-bond donors (Lipinski definition) is 1. The summed E-state index contributed by atoms with van der Waals surface area (Å²) in [6.07, 6.45) is 1.85. The predicted molar refractivity (Wildman–Crippen MR) is 98.4 cm³/mol. The highest BCUT2D eigenvalue weighted by Crippen LogP contribution is 2.30. The van der Waals surface area contributed by atoms with Gasteiger partial charge in [0.05, 0.1) is 6.04 Å². The van der Waals surface area contributed by atoms with Gasteiger partial charge in [-0.1, -0.05) is 43.7 Å². The van der Waals surface area contributed by atoms with E-state index < -0.39 is 23.9 Å². The van der Waals surface area contributed by atoms with E-state index in [0.29, 0.717) is 25.5 Å². The second kappa shape index (κ2) is 8.30. The molecule has 2 atom stereocenters. The number of carbonyl (C=O) groups is 2. The number of benzene rings is 1. The molecule has 1 aromatic heterocycles. The molecule has 1 aliphatic heterocycles. The Morgan fingerprint density at radius 2 is 1.81 bits per heavy atom. The summed E-state index contributed by atoms with van der Waals surface area (Å²) in [5, 5.41) is 8.08. The lowest BCUT2D eigenvalue weighted by Gasteiger charge is -2.37. The van der Waals surface area contributed by atoms with Crippen LogP contribution >= 0.6 is 0 Å². The summed E-state index contributed by atoms with van der Waals surface area (Å²) < 4.78 is 5.72. The molecule has 2 N–H and O–H groups in total. The van der Waals surface area contributed by atoms with Crippen LogP contribution in [0.5, 0.6) is 0 Å². The smallest absolute Gasteiger partial charge is 0.313 e. The largest absolute Gasteiger partial charge is 0.421 e. The van der Waals surface area contributed by atoms with Gasteiger partial charge >= 0.3 is 11.8 Å². The van der Waals surface area contributed by atoms with Crippen molar-refractivity contribution in [1.29, 1.82) is 0 Å². The second-order valence-electron chi connectivity index (χ2n) is 6.72. The predicted octanol–water partition coefficient (Wildman–Crippen LogP) is 1.65. The van der Waals surface area contributed by atoms with Crippen molar-refractivity contribution in [1.82, 2.24) is 20.0 Å². The van der Waals surface area contributed by atoms with Gasteiger partial charge in [-0.2, -0.15) is 0 Å². The SMILES string of the molecule is CCCCN1CCN(C(c2ccccc2)c2nnc([C@H](C)N)o2)C(=O)C1=O. The van der Waals surface area contributed by atoms with E-state index in [1.165, 1.54) is 4.90 Å². The summed E-state index contributed by atoms with van der Waals surface area (Å²) in [4.78, 5) is 28.5. The lowest BCUT2D eigenvalue weighted by molar-refractivity contribution is -0.157. The van der Waals surface area contributed by atoms with Crippen molar-refractivity contribution in [2.45, 2.75) is 38.8 Å². The first-order chi connectivity index (χ1) is 13.0. The van der Waals surface area contributed by atoms with Crippen molar-refractivity contribution in [2.75, 3.05) is 19.6 Å². The molecular weight excluding hydrogens is 346 g/mol. The van der Waals surface area contributed by atoms with Gasteiger partial charge in [0, 0.05) is 19.6 Å². The molecule has 0 bridgehead atoms. The maximum Gasteiger partial charge on any atom is 0.313 e. The summed E-state index contributed by atoms with van der Waals surface area (Å²) in [5.74, 6) is -0.475. The van der Waals surface area contributed by atoms with E-state index in [-0.39, 0.29) is 5.89 Å². The van der Waals surface area contributed by atoms with E-state index in [0.717, 1.165) is 18.4 Å². The van der Waals surface area contributed by atoms with Crippen LogP contribution in [-0.4, -0.2) is 51.4 Å². The van der Waals surface area contributed by atoms with Gasteiger partial charge in [0.1, 0.15) is 6.04 Å². The number of unbranched alkanes of at least 4 members (excludes halogenated alkanes) is 1. The summed E-state index contributed by atoms with van der Waals surface area (Å²) in [6.45, 7) is 5.29. The fourth-order valence-corrected chi connectivity index (χ4v) is 3.13. The van der Waals surface area contributed by atoms with Crippen molar-refractivity contribution in [3.05, 3.63) is 47.7 Å². The molecule has 144 valence electrons. The number of hydrogen-bond acceptors (Lipinski definition) is 6. The van der Waals surface area contributed by atoms with Crippen LogP contribution in [0.1, 0.15) is 56.1 Å². The average Bonchev–Trinajstić information content (AvgIpc) is 3.16. The molecule has 0 spiro atoms. The minimum absolute atomic E-state index is 0.261. The van der Waals surface area contributed by atoms with Crippen LogP contribution in [0.4, 0.5) is 0 Å². The second-order valence-corrected chi connectivity index (χ2v) is 6.72. The van der Waals surface area contributed by atoms with Gasteiger partial charge in [-0.25, -0.2) is 0 Å². The van der Waals surface area contributed by atoms with Crippen LogP contribution in [0.2, 0.25) is 0 Å². The van der Waals surface area contributed by atoms with E-state index in [1.54, 1.807) is 11.8 Å². The summed E-state index contributed by atoms with van der Waals surface area (Å²) in [6, 6.07) is 8.35. The molecule has 0 saturated carbocycles. The maximum atomic E-state index is 12.8. The van der Waals surface area contributed by atoms with Crippen molar-refractivity contribution < 1.29 is 14.0 Å². The highest BCUT2D eigenvalue weighted by atomic mass is 16.4. The zero-order valence-corrected chi connectivity index (χ0v) is 15.7. The molecule has 0 radical (unpaired) electrons. The molecular formula is C19H25N5O3. The third-order valence-corrected chi connectivity index (χ3v) is 4.63. The Hall–Kier alpha value is -2.74. The van der Waals surface area contributed by atoms with Gasteiger partial charge in [-0.05, 0) is 18.9 Å². The van der Waals surface area contributed by atoms with Crippen LogP contribution in [0.3, 0.4) is 0 Å². The first kappa shape index (κ1) is 19.0. The lowest BCUT2D eigenvalue weighted by Crippen LogP contribution is -2.55. The quantitative estimate of drug-likeness (QED) is 0.742. The number of amides is 2. The Balaban J connectivity index is 1.92. The molecule has 8 nitrogen and oxygen atoms in total. The van der Waals surface area contributed by atoms with Gasteiger partial charge in [-0.15, -0.1) is 10.2 Å². The normalized spacial score (nSPS) is 17.3. The number of rotatable bonds is 7. The summed E-state index contributed by atoms with van der Waals surface area (Å²) in [7, 11) is 0. The van der Waals surface area contributed by atoms with Gasteiger partial charge < -0.3 is 20.0 Å². The van der Waals surface area contributed by atoms with Gasteiger partial charge in [0.15, 0.2) is 0 Å². The molecule has 0 aliphatic carbocycles. The van der Waals surface area contributed by atoms with Crippen LogP contribution < -0.4 is 5.73 Å². The standard InChI is InChI=1S/C19H25N5O3/c1-3-4-10-23-11-12-24(19(26)18(23)25)15(14-8-6-5-7-9-14)17-22-21-16(27-17)13(2)20/h5-9,13,15H,3-4,10-12,20H2,1-2H3/t13-,15?/m0/s1. The summed E-state index contributed by atoms with van der Waals surface area (Å²) >= 11 is 0. The molecule has 2 amide bonds. The van der Waals surface area contributed by atoms with Crippen molar-refractivity contribution in [2.24, 2.45) is 5.73 Å². The zero-order valence-electron chi connectivity index (χ0n) is 15.7. The molecule has 27 heavy (non-hydrogen) atoms. The number of carbonyl (C=O) groups excluding carboxylic acids is 2. The van der Waals surface area contributed by atoms with Gasteiger partial charge in [-0.3, -0.25) is 9.59 Å². The molecule has 1 fully saturated rings. The van der Waals surface area contributed by atoms with E-state index >= 15 is 0 Å². The van der Waals surface area contributed by atoms with E-state index in [1.807, 2.05) is 30.3 Å². The fraction of sp³-hybridized carbons (Fsp3) is 0.474. The molecule has 1 saturated heterocycles.